The van der Waals surface area contributed by atoms with E-state index in [1.807, 2.05) is 17.0 Å². The summed E-state index contributed by atoms with van der Waals surface area (Å²) in [5.41, 5.74) is 5.71. The van der Waals surface area contributed by atoms with Crippen LogP contribution in [0.15, 0.2) is 24.3 Å². The van der Waals surface area contributed by atoms with Gasteiger partial charge in [-0.3, -0.25) is 4.79 Å². The summed E-state index contributed by atoms with van der Waals surface area (Å²) in [5.74, 6) is -0.934. The van der Waals surface area contributed by atoms with Gasteiger partial charge in [-0.15, -0.1) is 0 Å². The Kier molecular flexibility index (Phi) is 3.26. The maximum absolute atomic E-state index is 11.1. The molecule has 1 aromatic carbocycles. The molecule has 0 spiro atoms. The van der Waals surface area contributed by atoms with Gasteiger partial charge in [0.05, 0.1) is 0 Å². The zero-order chi connectivity index (χ0) is 12.5. The van der Waals surface area contributed by atoms with E-state index in [-0.39, 0.29) is 0 Å². The van der Waals surface area contributed by atoms with Crippen molar-refractivity contribution in [2.75, 3.05) is 18.0 Å². The second-order valence-electron chi connectivity index (χ2n) is 4.46. The quantitative estimate of drug-likeness (QED) is 0.843. The van der Waals surface area contributed by atoms with Crippen LogP contribution in [0.1, 0.15) is 12.8 Å². The molecule has 1 aliphatic rings. The highest BCUT2D eigenvalue weighted by atomic mass is 35.5. The number of carbonyl (C=O) groups is 1. The third kappa shape index (κ3) is 2.53. The molecule has 0 bridgehead atoms. The Morgan fingerprint density at radius 1 is 1.41 bits per heavy atom. The number of hydrogen-bond donors (Lipinski definition) is 2. The third-order valence-corrected chi connectivity index (χ3v) is 3.39. The first-order chi connectivity index (χ1) is 8.01. The fourth-order valence-electron chi connectivity index (χ4n) is 2.13. The van der Waals surface area contributed by atoms with Crippen LogP contribution in [0.2, 0.25) is 5.02 Å². The molecule has 4 nitrogen and oxygen atoms in total. The number of nitrogens with two attached hydrogens (primary N) is 1. The van der Waals surface area contributed by atoms with Gasteiger partial charge in [-0.25, -0.2) is 0 Å². The minimum Gasteiger partial charge on any atom is -0.480 e. The number of anilines is 1. The minimum absolute atomic E-state index is 0.337. The third-order valence-electron chi connectivity index (χ3n) is 3.14. The highest BCUT2D eigenvalue weighted by Crippen LogP contribution is 2.25. The molecule has 5 heteroatoms. The lowest BCUT2D eigenvalue weighted by Gasteiger charge is -2.38. The molecule has 3 N–H and O–H groups in total. The molecule has 0 radical (unpaired) electrons. The number of nitrogens with zero attached hydrogens (tertiary/aromatic N) is 1. The van der Waals surface area contributed by atoms with Crippen LogP contribution in [0.4, 0.5) is 5.69 Å². The predicted octanol–water partition coefficient (Wildman–Crippen LogP) is 1.72. The Morgan fingerprint density at radius 3 is 2.65 bits per heavy atom. The SMILES string of the molecule is NC1(C(=O)O)CCCN(c2ccc(Cl)cc2)C1. The Labute approximate surface area is 105 Å². The summed E-state index contributed by atoms with van der Waals surface area (Å²) in [6.07, 6.45) is 1.30. The first-order valence-corrected chi connectivity index (χ1v) is 5.92. The predicted molar refractivity (Wildman–Crippen MR) is 67.5 cm³/mol. The Morgan fingerprint density at radius 2 is 2.06 bits per heavy atom. The number of carboxylic acid groups (broad SMARTS) is 1. The van der Waals surface area contributed by atoms with Crippen molar-refractivity contribution in [2.45, 2.75) is 18.4 Å². The summed E-state index contributed by atoms with van der Waals surface area (Å²) in [4.78, 5) is 13.1. The first-order valence-electron chi connectivity index (χ1n) is 5.54. The van der Waals surface area contributed by atoms with Crippen molar-refractivity contribution < 1.29 is 9.90 Å². The standard InChI is InChI=1S/C12H15ClN2O2/c13-9-2-4-10(5-3-9)15-7-1-6-12(14,8-15)11(16)17/h2-5H,1,6-8,14H2,(H,16,17). The molecular formula is C12H15ClN2O2. The van der Waals surface area contributed by atoms with E-state index in [4.69, 9.17) is 22.4 Å². The number of hydrogen-bond acceptors (Lipinski definition) is 3. The van der Waals surface area contributed by atoms with Gasteiger partial charge in [0.1, 0.15) is 5.54 Å². The van der Waals surface area contributed by atoms with Crippen LogP contribution in [-0.4, -0.2) is 29.7 Å². The van der Waals surface area contributed by atoms with E-state index in [0.717, 1.165) is 18.7 Å². The number of aliphatic carboxylic acids is 1. The molecule has 1 fully saturated rings. The normalized spacial score (nSPS) is 24.7. The topological polar surface area (TPSA) is 66.6 Å². The van der Waals surface area contributed by atoms with Crippen LogP contribution >= 0.6 is 11.6 Å². The average molecular weight is 255 g/mol. The first kappa shape index (κ1) is 12.2. The average Bonchev–Trinajstić information content (AvgIpc) is 2.30. The molecule has 1 aromatic rings. The highest BCUT2D eigenvalue weighted by molar-refractivity contribution is 6.30. The van der Waals surface area contributed by atoms with Crippen LogP contribution in [-0.2, 0) is 4.79 Å². The second kappa shape index (κ2) is 4.55. The number of rotatable bonds is 2. The van der Waals surface area contributed by atoms with E-state index in [9.17, 15) is 4.79 Å². The largest absolute Gasteiger partial charge is 0.480 e. The van der Waals surface area contributed by atoms with Gasteiger partial charge in [0.15, 0.2) is 0 Å². The number of piperidine rings is 1. The van der Waals surface area contributed by atoms with Gasteiger partial charge in [-0.1, -0.05) is 11.6 Å². The smallest absolute Gasteiger partial charge is 0.325 e. The number of carboxylic acids is 1. The van der Waals surface area contributed by atoms with Crippen molar-refractivity contribution in [3.05, 3.63) is 29.3 Å². The number of halogens is 1. The van der Waals surface area contributed by atoms with Gasteiger partial charge in [0, 0.05) is 23.8 Å². The molecule has 0 saturated carbocycles. The summed E-state index contributed by atoms with van der Waals surface area (Å²) in [5, 5.41) is 9.80. The molecule has 17 heavy (non-hydrogen) atoms. The summed E-state index contributed by atoms with van der Waals surface area (Å²) in [6.45, 7) is 1.16. The lowest BCUT2D eigenvalue weighted by Crippen LogP contribution is -2.59. The van der Waals surface area contributed by atoms with Crippen molar-refractivity contribution >= 4 is 23.3 Å². The second-order valence-corrected chi connectivity index (χ2v) is 4.90. The molecule has 1 aliphatic heterocycles. The summed E-state index contributed by atoms with van der Waals surface area (Å²) in [7, 11) is 0. The van der Waals surface area contributed by atoms with Crippen molar-refractivity contribution in [1.82, 2.24) is 0 Å². The fraction of sp³-hybridized carbons (Fsp3) is 0.417. The molecule has 1 unspecified atom stereocenters. The van der Waals surface area contributed by atoms with Crippen molar-refractivity contribution in [3.63, 3.8) is 0 Å². The van der Waals surface area contributed by atoms with Gasteiger partial charge in [0.25, 0.3) is 0 Å². The molecule has 0 aliphatic carbocycles. The lowest BCUT2D eigenvalue weighted by molar-refractivity contribution is -0.143. The van der Waals surface area contributed by atoms with Crippen molar-refractivity contribution in [2.24, 2.45) is 5.73 Å². The van der Waals surface area contributed by atoms with Gasteiger partial charge in [-0.2, -0.15) is 0 Å². The Hall–Kier alpha value is -1.26. The molecule has 1 saturated heterocycles. The lowest BCUT2D eigenvalue weighted by atomic mass is 9.90. The van der Waals surface area contributed by atoms with E-state index in [0.29, 0.717) is 18.0 Å². The van der Waals surface area contributed by atoms with E-state index in [1.165, 1.54) is 0 Å². The molecule has 92 valence electrons. The Bertz CT molecular complexity index is 421. The monoisotopic (exact) mass is 254 g/mol. The van der Waals surface area contributed by atoms with Gasteiger partial charge in [-0.05, 0) is 37.1 Å². The molecular weight excluding hydrogens is 240 g/mol. The van der Waals surface area contributed by atoms with E-state index in [1.54, 1.807) is 12.1 Å². The minimum atomic E-state index is -1.14. The summed E-state index contributed by atoms with van der Waals surface area (Å²) in [6, 6.07) is 7.36. The zero-order valence-electron chi connectivity index (χ0n) is 9.40. The maximum atomic E-state index is 11.1. The van der Waals surface area contributed by atoms with E-state index >= 15 is 0 Å². The van der Waals surface area contributed by atoms with Crippen molar-refractivity contribution in [3.8, 4) is 0 Å². The van der Waals surface area contributed by atoms with Crippen LogP contribution in [0, 0.1) is 0 Å². The molecule has 1 atom stereocenters. The van der Waals surface area contributed by atoms with Crippen LogP contribution in [0.5, 0.6) is 0 Å². The fourth-order valence-corrected chi connectivity index (χ4v) is 2.26. The molecule has 0 aromatic heterocycles. The zero-order valence-corrected chi connectivity index (χ0v) is 10.2. The Balaban J connectivity index is 2.17. The summed E-state index contributed by atoms with van der Waals surface area (Å²) < 4.78 is 0. The van der Waals surface area contributed by atoms with Gasteiger partial charge >= 0.3 is 5.97 Å². The van der Waals surface area contributed by atoms with E-state index in [2.05, 4.69) is 0 Å². The molecule has 0 amide bonds. The number of benzene rings is 1. The van der Waals surface area contributed by atoms with Gasteiger partial charge in [0.2, 0.25) is 0 Å². The van der Waals surface area contributed by atoms with Crippen molar-refractivity contribution in [1.29, 1.82) is 0 Å². The maximum Gasteiger partial charge on any atom is 0.325 e. The molecule has 1 heterocycles. The van der Waals surface area contributed by atoms with E-state index < -0.39 is 11.5 Å². The highest BCUT2D eigenvalue weighted by Gasteiger charge is 2.38. The summed E-state index contributed by atoms with van der Waals surface area (Å²) >= 11 is 5.82. The van der Waals surface area contributed by atoms with Crippen LogP contribution < -0.4 is 10.6 Å². The van der Waals surface area contributed by atoms with Gasteiger partial charge < -0.3 is 15.7 Å². The molecule has 2 rings (SSSR count). The van der Waals surface area contributed by atoms with Crippen LogP contribution in [0.3, 0.4) is 0 Å². The van der Waals surface area contributed by atoms with Crippen LogP contribution in [0.25, 0.3) is 0 Å².